The zero-order valence-electron chi connectivity index (χ0n) is 13.9. The molecule has 3 aromatic rings. The van der Waals surface area contributed by atoms with Gasteiger partial charge in [0.2, 0.25) is 0 Å². The molecule has 0 spiro atoms. The molecule has 3 heterocycles. The van der Waals surface area contributed by atoms with Crippen LogP contribution in [0, 0.1) is 0 Å². The van der Waals surface area contributed by atoms with Gasteiger partial charge in [-0.15, -0.1) is 0 Å². The Labute approximate surface area is 146 Å². The van der Waals surface area contributed by atoms with E-state index in [2.05, 4.69) is 21.4 Å². The molecule has 1 N–H and O–H groups in total. The molecule has 124 valence electrons. The number of aromatic nitrogens is 4. The molecule has 0 bridgehead atoms. The molecule has 5 rings (SSSR count). The number of anilines is 1. The zero-order chi connectivity index (χ0) is 16.6. The van der Waals surface area contributed by atoms with E-state index in [1.165, 1.54) is 16.8 Å². The Morgan fingerprint density at radius 3 is 2.64 bits per heavy atom. The van der Waals surface area contributed by atoms with Crippen molar-refractivity contribution in [2.45, 2.75) is 37.6 Å². The maximum Gasteiger partial charge on any atom is 0.163 e. The van der Waals surface area contributed by atoms with Crippen LogP contribution in [0.1, 0.15) is 35.6 Å². The summed E-state index contributed by atoms with van der Waals surface area (Å²) in [7, 11) is 0. The summed E-state index contributed by atoms with van der Waals surface area (Å²) in [5, 5.41) is 3.68. The molecule has 5 heteroatoms. The van der Waals surface area contributed by atoms with Gasteiger partial charge in [-0.3, -0.25) is 9.97 Å². The van der Waals surface area contributed by atoms with Crippen LogP contribution in [0.5, 0.6) is 0 Å². The molecule has 0 radical (unpaired) electrons. The maximum absolute atomic E-state index is 4.85. The van der Waals surface area contributed by atoms with Gasteiger partial charge in [0.1, 0.15) is 5.82 Å². The molecule has 2 aliphatic rings. The van der Waals surface area contributed by atoms with Crippen LogP contribution >= 0.6 is 0 Å². The van der Waals surface area contributed by atoms with Crippen molar-refractivity contribution in [3.8, 4) is 11.4 Å². The second kappa shape index (κ2) is 5.92. The Kier molecular flexibility index (Phi) is 3.44. The number of rotatable bonds is 4. The lowest BCUT2D eigenvalue weighted by molar-refractivity contribution is 0.899. The van der Waals surface area contributed by atoms with Crippen LogP contribution in [0.25, 0.3) is 11.4 Å². The molecule has 5 nitrogen and oxygen atoms in total. The topological polar surface area (TPSA) is 63.6 Å². The van der Waals surface area contributed by atoms with E-state index >= 15 is 0 Å². The number of pyridine rings is 2. The van der Waals surface area contributed by atoms with Crippen LogP contribution in [0.15, 0.2) is 49.1 Å². The lowest BCUT2D eigenvalue weighted by Crippen LogP contribution is -2.10. The summed E-state index contributed by atoms with van der Waals surface area (Å²) in [6.45, 7) is 0. The summed E-state index contributed by atoms with van der Waals surface area (Å²) in [4.78, 5) is 18.1. The molecular weight excluding hydrogens is 310 g/mol. The summed E-state index contributed by atoms with van der Waals surface area (Å²) in [5.74, 6) is 2.31. The van der Waals surface area contributed by atoms with Gasteiger partial charge in [0.05, 0.1) is 0 Å². The predicted molar refractivity (Wildman–Crippen MR) is 96.3 cm³/mol. The molecular formula is C20H19N5. The molecule has 0 unspecified atom stereocenters. The molecule has 25 heavy (non-hydrogen) atoms. The van der Waals surface area contributed by atoms with E-state index < -0.39 is 0 Å². The minimum absolute atomic E-state index is 0.436. The second-order valence-electron chi connectivity index (χ2n) is 6.80. The molecule has 0 aromatic carbocycles. The first-order chi connectivity index (χ1) is 12.4. The summed E-state index contributed by atoms with van der Waals surface area (Å²) in [6, 6.07) is 8.55. The lowest BCUT2D eigenvalue weighted by atomic mass is 10.2. The van der Waals surface area contributed by atoms with Crippen LogP contribution in [0.3, 0.4) is 0 Å². The van der Waals surface area contributed by atoms with Crippen LogP contribution in [0.4, 0.5) is 5.82 Å². The highest BCUT2D eigenvalue weighted by atomic mass is 15.1. The van der Waals surface area contributed by atoms with Gasteiger partial charge in [0.25, 0.3) is 0 Å². The van der Waals surface area contributed by atoms with Gasteiger partial charge in [-0.2, -0.15) is 0 Å². The SMILES string of the molecule is c1cncc(-c2nc3c(c(N[C@H]4C[C@@H]4c4cccnc4)n2)CCC3)c1. The quantitative estimate of drug-likeness (QED) is 0.795. The largest absolute Gasteiger partial charge is 0.366 e. The minimum atomic E-state index is 0.436. The highest BCUT2D eigenvalue weighted by molar-refractivity contribution is 5.60. The Bertz CT molecular complexity index is 895. The van der Waals surface area contributed by atoms with Gasteiger partial charge < -0.3 is 5.32 Å². The van der Waals surface area contributed by atoms with E-state index in [1.807, 2.05) is 36.8 Å². The third kappa shape index (κ3) is 2.76. The van der Waals surface area contributed by atoms with Crippen LogP contribution in [0.2, 0.25) is 0 Å². The first-order valence-corrected chi connectivity index (χ1v) is 8.85. The minimum Gasteiger partial charge on any atom is -0.366 e. The van der Waals surface area contributed by atoms with Crippen molar-refractivity contribution in [1.29, 1.82) is 0 Å². The molecule has 3 aromatic heterocycles. The standard InChI is InChI=1S/C20H19N5/c1-6-15-17(7-1)23-19(14-5-3-9-22-12-14)25-20(15)24-18-10-16(18)13-4-2-8-21-11-13/h2-5,8-9,11-12,16,18H,1,6-7,10H2,(H,23,24,25)/t16-,18+/m1/s1. The molecule has 0 saturated heterocycles. The van der Waals surface area contributed by atoms with E-state index in [9.17, 15) is 0 Å². The summed E-state index contributed by atoms with van der Waals surface area (Å²) in [6.07, 6.45) is 11.8. The van der Waals surface area contributed by atoms with Crippen molar-refractivity contribution in [3.63, 3.8) is 0 Å². The highest BCUT2D eigenvalue weighted by Gasteiger charge is 2.39. The fourth-order valence-electron chi connectivity index (χ4n) is 3.67. The first kappa shape index (κ1) is 14.5. The number of fused-ring (bicyclic) bond motifs is 1. The Hall–Kier alpha value is -2.82. The smallest absolute Gasteiger partial charge is 0.163 e. The third-order valence-electron chi connectivity index (χ3n) is 5.08. The lowest BCUT2D eigenvalue weighted by Gasteiger charge is -2.12. The molecule has 1 fully saturated rings. The second-order valence-corrected chi connectivity index (χ2v) is 6.80. The van der Waals surface area contributed by atoms with Crippen LogP contribution in [-0.2, 0) is 12.8 Å². The van der Waals surface area contributed by atoms with Gasteiger partial charge in [0.15, 0.2) is 5.82 Å². The average molecular weight is 329 g/mol. The molecule has 1 saturated carbocycles. The zero-order valence-corrected chi connectivity index (χ0v) is 13.9. The van der Waals surface area contributed by atoms with Gasteiger partial charge in [-0.1, -0.05) is 6.07 Å². The summed E-state index contributed by atoms with van der Waals surface area (Å²) < 4.78 is 0. The highest BCUT2D eigenvalue weighted by Crippen LogP contribution is 2.43. The van der Waals surface area contributed by atoms with Crippen molar-refractivity contribution < 1.29 is 0 Å². The number of hydrogen-bond donors (Lipinski definition) is 1. The molecule has 2 atom stereocenters. The van der Waals surface area contributed by atoms with Crippen molar-refractivity contribution in [2.24, 2.45) is 0 Å². The summed E-state index contributed by atoms with van der Waals surface area (Å²) >= 11 is 0. The monoisotopic (exact) mass is 329 g/mol. The predicted octanol–water partition coefficient (Wildman–Crippen LogP) is 3.39. The molecule has 0 amide bonds. The van der Waals surface area contributed by atoms with Crippen molar-refractivity contribution in [1.82, 2.24) is 19.9 Å². The van der Waals surface area contributed by atoms with E-state index in [0.29, 0.717) is 12.0 Å². The van der Waals surface area contributed by atoms with Gasteiger partial charge in [0, 0.05) is 53.6 Å². The number of hydrogen-bond acceptors (Lipinski definition) is 5. The van der Waals surface area contributed by atoms with Gasteiger partial charge in [-0.05, 0) is 49.4 Å². The third-order valence-corrected chi connectivity index (χ3v) is 5.08. The number of nitrogens with one attached hydrogen (secondary N) is 1. The van der Waals surface area contributed by atoms with Gasteiger partial charge >= 0.3 is 0 Å². The van der Waals surface area contributed by atoms with E-state index in [1.54, 1.807) is 6.20 Å². The molecule has 0 aliphatic heterocycles. The fraction of sp³-hybridized carbons (Fsp3) is 0.300. The summed E-state index contributed by atoms with van der Waals surface area (Å²) in [5.41, 5.74) is 4.76. The number of aryl methyl sites for hydroxylation is 1. The van der Waals surface area contributed by atoms with E-state index in [4.69, 9.17) is 9.97 Å². The first-order valence-electron chi connectivity index (χ1n) is 8.85. The number of nitrogens with zero attached hydrogens (tertiary/aromatic N) is 4. The van der Waals surface area contributed by atoms with Crippen molar-refractivity contribution in [3.05, 3.63) is 65.9 Å². The van der Waals surface area contributed by atoms with Crippen molar-refractivity contribution in [2.75, 3.05) is 5.32 Å². The van der Waals surface area contributed by atoms with Gasteiger partial charge in [-0.25, -0.2) is 9.97 Å². The maximum atomic E-state index is 4.85. The van der Waals surface area contributed by atoms with E-state index in [-0.39, 0.29) is 0 Å². The normalized spacial score (nSPS) is 21.0. The van der Waals surface area contributed by atoms with Crippen LogP contribution in [-0.4, -0.2) is 26.0 Å². The Morgan fingerprint density at radius 2 is 1.84 bits per heavy atom. The molecule has 2 aliphatic carbocycles. The van der Waals surface area contributed by atoms with Crippen LogP contribution < -0.4 is 5.32 Å². The average Bonchev–Trinajstić information content (AvgIpc) is 3.27. The fourth-order valence-corrected chi connectivity index (χ4v) is 3.67. The van der Waals surface area contributed by atoms with E-state index in [0.717, 1.165) is 42.9 Å². The Balaban J connectivity index is 1.44. The Morgan fingerprint density at radius 1 is 0.960 bits per heavy atom. The van der Waals surface area contributed by atoms with Crippen molar-refractivity contribution >= 4 is 5.82 Å².